The molecule has 0 radical (unpaired) electrons. The maximum atomic E-state index is 15.4. The third-order valence-corrected chi connectivity index (χ3v) is 7.19. The lowest BCUT2D eigenvalue weighted by Crippen LogP contribution is -2.40. The maximum Gasteiger partial charge on any atom is 0.407 e. The number of pyridine rings is 1. The Morgan fingerprint density at radius 3 is 2.46 bits per heavy atom. The molecule has 1 aliphatic carbocycles. The molecule has 1 aromatic carbocycles. The van der Waals surface area contributed by atoms with Crippen molar-refractivity contribution in [2.24, 2.45) is 0 Å². The minimum absolute atomic E-state index is 0. The summed E-state index contributed by atoms with van der Waals surface area (Å²) >= 11 is 6.72. The van der Waals surface area contributed by atoms with Crippen LogP contribution < -0.4 is 15.6 Å². The van der Waals surface area contributed by atoms with E-state index in [1.165, 1.54) is 6.20 Å². The Morgan fingerprint density at radius 2 is 1.89 bits per heavy atom. The third-order valence-electron chi connectivity index (χ3n) is 6.04. The van der Waals surface area contributed by atoms with Crippen molar-refractivity contribution < 1.29 is 27.1 Å². The van der Waals surface area contributed by atoms with Gasteiger partial charge < -0.3 is 19.5 Å². The van der Waals surface area contributed by atoms with Gasteiger partial charge in [0.15, 0.2) is 21.0 Å². The van der Waals surface area contributed by atoms with E-state index in [-0.39, 0.29) is 46.2 Å². The number of rotatable bonds is 6. The van der Waals surface area contributed by atoms with Gasteiger partial charge in [-0.25, -0.2) is 17.6 Å². The summed E-state index contributed by atoms with van der Waals surface area (Å²) in [5.74, 6) is -2.39. The molecule has 1 unspecified atom stereocenters. The Hall–Kier alpha value is -2.37. The van der Waals surface area contributed by atoms with Crippen molar-refractivity contribution >= 4 is 62.3 Å². The van der Waals surface area contributed by atoms with Crippen LogP contribution in [0.3, 0.4) is 0 Å². The molecule has 1 aromatic heterocycles. The standard InChI is InChI=1S/C24H29ClFN3O6S.ClH/c1-24(2,3)35-23(32)27-13-7-8-28(10-13)21-17(26)9-15-20(19(21)25)29(14-5-6-14)11-16(22(15)31)18(30)12-36(4,33)34;/h9,11,13-14H,5-8,10,12H2,1-4H3,(H,27,32);1H. The average molecular weight is 578 g/mol. The second-order valence-electron chi connectivity index (χ2n) is 10.5. The summed E-state index contributed by atoms with van der Waals surface area (Å²) in [6.45, 7) is 5.99. The summed E-state index contributed by atoms with van der Waals surface area (Å²) in [4.78, 5) is 39.6. The number of hydrogen-bond donors (Lipinski definition) is 1. The van der Waals surface area contributed by atoms with E-state index in [4.69, 9.17) is 16.3 Å². The fraction of sp³-hybridized carbons (Fsp3) is 0.542. The number of carbonyl (C=O) groups excluding carboxylic acids is 2. The van der Waals surface area contributed by atoms with Crippen molar-refractivity contribution in [1.82, 2.24) is 9.88 Å². The van der Waals surface area contributed by atoms with Crippen LogP contribution in [0.1, 0.15) is 56.4 Å². The molecule has 1 saturated carbocycles. The van der Waals surface area contributed by atoms with E-state index in [0.717, 1.165) is 25.2 Å². The van der Waals surface area contributed by atoms with Gasteiger partial charge in [-0.05, 0) is 46.1 Å². The smallest absolute Gasteiger partial charge is 0.407 e. The van der Waals surface area contributed by atoms with E-state index in [1.807, 2.05) is 0 Å². The number of anilines is 1. The predicted molar refractivity (Wildman–Crippen MR) is 143 cm³/mol. The highest BCUT2D eigenvalue weighted by atomic mass is 35.5. The first-order chi connectivity index (χ1) is 16.6. The number of sulfone groups is 1. The van der Waals surface area contributed by atoms with Crippen LogP contribution >= 0.6 is 24.0 Å². The van der Waals surface area contributed by atoms with Crippen LogP contribution in [0.5, 0.6) is 0 Å². The minimum atomic E-state index is -3.66. The van der Waals surface area contributed by atoms with Crippen LogP contribution in [0.15, 0.2) is 17.1 Å². The monoisotopic (exact) mass is 577 g/mol. The van der Waals surface area contributed by atoms with Gasteiger partial charge in [0.25, 0.3) is 0 Å². The molecule has 1 saturated heterocycles. The van der Waals surface area contributed by atoms with Crippen molar-refractivity contribution in [3.63, 3.8) is 0 Å². The Kier molecular flexibility index (Phi) is 8.22. The molecule has 13 heteroatoms. The Balaban J connectivity index is 0.00000380. The fourth-order valence-electron chi connectivity index (χ4n) is 4.43. The number of aromatic nitrogens is 1. The van der Waals surface area contributed by atoms with Gasteiger partial charge in [0.1, 0.15) is 17.2 Å². The molecule has 37 heavy (non-hydrogen) atoms. The fourth-order valence-corrected chi connectivity index (χ4v) is 5.47. The van der Waals surface area contributed by atoms with Gasteiger partial charge in [0, 0.05) is 31.6 Å². The third kappa shape index (κ3) is 6.56. The lowest BCUT2D eigenvalue weighted by Gasteiger charge is -2.24. The number of carbonyl (C=O) groups is 2. The summed E-state index contributed by atoms with van der Waals surface area (Å²) in [6, 6.07) is 0.741. The van der Waals surface area contributed by atoms with Crippen LogP contribution in [0.4, 0.5) is 14.9 Å². The van der Waals surface area contributed by atoms with Crippen LogP contribution in [-0.4, -0.2) is 61.6 Å². The van der Waals surface area contributed by atoms with E-state index >= 15 is 4.39 Å². The molecule has 2 heterocycles. The molecule has 2 aromatic rings. The molecule has 0 spiro atoms. The van der Waals surface area contributed by atoms with E-state index in [2.05, 4.69) is 5.32 Å². The topological polar surface area (TPSA) is 115 Å². The molecule has 1 amide bonds. The average Bonchev–Trinajstić information content (AvgIpc) is 3.46. The van der Waals surface area contributed by atoms with E-state index < -0.39 is 44.3 Å². The molecular formula is C24H30Cl2FN3O6S. The van der Waals surface area contributed by atoms with Gasteiger partial charge in [-0.3, -0.25) is 9.59 Å². The SMILES string of the molecule is CC(C)(C)OC(=O)NC1CCN(c2c(F)cc3c(=O)c(C(=O)CS(C)(=O)=O)cn(C4CC4)c3c2Cl)C1.Cl. The number of halogens is 3. The first-order valence-corrected chi connectivity index (χ1v) is 14.1. The first-order valence-electron chi connectivity index (χ1n) is 11.7. The number of benzene rings is 1. The van der Waals surface area contributed by atoms with Gasteiger partial charge in [-0.2, -0.15) is 0 Å². The zero-order valence-corrected chi connectivity index (χ0v) is 23.4. The second kappa shape index (κ2) is 10.4. The second-order valence-corrected chi connectivity index (χ2v) is 13.0. The molecule has 204 valence electrons. The molecule has 2 fully saturated rings. The maximum absolute atomic E-state index is 15.4. The van der Waals surface area contributed by atoms with Crippen molar-refractivity contribution in [2.75, 3.05) is 30.0 Å². The number of amides is 1. The van der Waals surface area contributed by atoms with Crippen molar-refractivity contribution in [3.05, 3.63) is 38.9 Å². The number of ketones is 1. The number of alkyl carbamates (subject to hydrolysis) is 1. The number of nitrogens with one attached hydrogen (secondary N) is 1. The molecule has 1 atom stereocenters. The van der Waals surface area contributed by atoms with Crippen molar-refractivity contribution in [3.8, 4) is 0 Å². The van der Waals surface area contributed by atoms with Crippen molar-refractivity contribution in [1.29, 1.82) is 0 Å². The highest BCUT2D eigenvalue weighted by Crippen LogP contribution is 2.42. The van der Waals surface area contributed by atoms with Crippen LogP contribution in [0, 0.1) is 5.82 Å². The predicted octanol–water partition coefficient (Wildman–Crippen LogP) is 3.88. The largest absolute Gasteiger partial charge is 0.444 e. The Labute approximate surface area is 225 Å². The van der Waals surface area contributed by atoms with Gasteiger partial charge in [0.2, 0.25) is 0 Å². The van der Waals surface area contributed by atoms with Gasteiger partial charge in [0.05, 0.1) is 33.2 Å². The summed E-state index contributed by atoms with van der Waals surface area (Å²) < 4.78 is 45.7. The highest BCUT2D eigenvalue weighted by molar-refractivity contribution is 7.91. The van der Waals surface area contributed by atoms with Gasteiger partial charge in [-0.1, -0.05) is 11.6 Å². The van der Waals surface area contributed by atoms with Gasteiger partial charge >= 0.3 is 6.09 Å². The van der Waals surface area contributed by atoms with Crippen LogP contribution in [0.2, 0.25) is 5.02 Å². The molecule has 2 aliphatic rings. The number of Topliss-reactive ketones (excluding diaryl/α,β-unsaturated/α-hetero) is 1. The molecule has 9 nitrogen and oxygen atoms in total. The summed E-state index contributed by atoms with van der Waals surface area (Å²) in [5.41, 5.74) is -1.29. The number of nitrogens with zero attached hydrogens (tertiary/aromatic N) is 2. The highest BCUT2D eigenvalue weighted by Gasteiger charge is 2.33. The first kappa shape index (κ1) is 29.2. The quantitative estimate of drug-likeness (QED) is 0.518. The Bertz CT molecular complexity index is 1420. The summed E-state index contributed by atoms with van der Waals surface area (Å²) in [6.07, 6.45) is 3.81. The molecule has 1 N–H and O–H groups in total. The molecule has 1 aliphatic heterocycles. The van der Waals surface area contributed by atoms with Gasteiger partial charge in [-0.15, -0.1) is 12.4 Å². The number of ether oxygens (including phenoxy) is 1. The molecule has 4 rings (SSSR count). The lowest BCUT2D eigenvalue weighted by atomic mass is 10.1. The number of fused-ring (bicyclic) bond motifs is 1. The Morgan fingerprint density at radius 1 is 1.24 bits per heavy atom. The van der Waals surface area contributed by atoms with Crippen molar-refractivity contribution in [2.45, 2.75) is 57.7 Å². The normalized spacial score (nSPS) is 18.0. The zero-order chi connectivity index (χ0) is 26.6. The molecule has 0 bridgehead atoms. The lowest BCUT2D eigenvalue weighted by molar-refractivity contribution is 0.0508. The van der Waals surface area contributed by atoms with Crippen LogP contribution in [-0.2, 0) is 14.6 Å². The summed E-state index contributed by atoms with van der Waals surface area (Å²) in [5, 5.41) is 2.75. The van der Waals surface area contributed by atoms with E-state index in [9.17, 15) is 22.8 Å². The minimum Gasteiger partial charge on any atom is -0.444 e. The van der Waals surface area contributed by atoms with E-state index in [1.54, 1.807) is 30.2 Å². The van der Waals surface area contributed by atoms with Crippen LogP contribution in [0.25, 0.3) is 10.9 Å². The number of hydrogen-bond acceptors (Lipinski definition) is 7. The summed E-state index contributed by atoms with van der Waals surface area (Å²) in [7, 11) is -3.66. The molecular weight excluding hydrogens is 548 g/mol. The zero-order valence-electron chi connectivity index (χ0n) is 21.0. The van der Waals surface area contributed by atoms with E-state index in [0.29, 0.717) is 25.0 Å².